The summed E-state index contributed by atoms with van der Waals surface area (Å²) in [6.07, 6.45) is 0. The quantitative estimate of drug-likeness (QED) is 0.453. The van der Waals surface area contributed by atoms with Crippen LogP contribution in [-0.4, -0.2) is 9.78 Å². The highest BCUT2D eigenvalue weighted by atomic mass is 35.5. The molecule has 0 N–H and O–H groups in total. The van der Waals surface area contributed by atoms with E-state index >= 15 is 0 Å². The zero-order valence-corrected chi connectivity index (χ0v) is 14.6. The molecule has 0 aliphatic carbocycles. The molecule has 2 aromatic rings. The highest BCUT2D eigenvalue weighted by Gasteiger charge is 2.26. The Morgan fingerprint density at radius 3 is 2.58 bits per heavy atom. The van der Waals surface area contributed by atoms with Gasteiger partial charge in [-0.25, -0.2) is 4.68 Å². The zero-order valence-electron chi connectivity index (χ0n) is 12.3. The van der Waals surface area contributed by atoms with Gasteiger partial charge in [0.2, 0.25) is 0 Å². The molecule has 0 atom stereocenters. The molecule has 0 aromatic heterocycles. The van der Waals surface area contributed by atoms with Crippen LogP contribution in [0.5, 0.6) is 0 Å². The van der Waals surface area contributed by atoms with Crippen LogP contribution in [0.25, 0.3) is 33.6 Å². The first-order valence-electron chi connectivity index (χ1n) is 7.01. The van der Waals surface area contributed by atoms with Gasteiger partial charge < -0.3 is 4.42 Å². The van der Waals surface area contributed by atoms with Crippen molar-refractivity contribution in [3.8, 4) is 22.6 Å². The van der Waals surface area contributed by atoms with Gasteiger partial charge in [-0.15, -0.1) is 0 Å². The van der Waals surface area contributed by atoms with Gasteiger partial charge in [0.1, 0.15) is 22.6 Å². The minimum Gasteiger partial charge on any atom is -0.455 e. The molecule has 0 unspecified atom stereocenters. The molecule has 120 valence electrons. The summed E-state index contributed by atoms with van der Waals surface area (Å²) in [5, 5.41) is 6.21. The fraction of sp³-hybridized carbons (Fsp3) is 0.0588. The first kappa shape index (κ1) is 15.5. The van der Waals surface area contributed by atoms with E-state index in [1.54, 1.807) is 43.4 Å². The monoisotopic (exact) mass is 378 g/mol. The van der Waals surface area contributed by atoms with E-state index in [4.69, 9.17) is 39.2 Å². The van der Waals surface area contributed by atoms with Gasteiger partial charge in [-0.05, 0) is 30.3 Å². The molecule has 4 nitrogen and oxygen atoms in total. The van der Waals surface area contributed by atoms with E-state index in [2.05, 4.69) is 5.10 Å². The van der Waals surface area contributed by atoms with E-state index < -0.39 is 0 Å². The van der Waals surface area contributed by atoms with Gasteiger partial charge in [0.25, 0.3) is 5.56 Å². The first-order chi connectivity index (χ1) is 11.5. The lowest BCUT2D eigenvalue weighted by Crippen LogP contribution is -2.12. The van der Waals surface area contributed by atoms with E-state index in [1.165, 1.54) is 4.68 Å². The number of rotatable bonds is 1. The fourth-order valence-corrected chi connectivity index (χ4v) is 3.26. The summed E-state index contributed by atoms with van der Waals surface area (Å²) in [6.45, 7) is 0. The van der Waals surface area contributed by atoms with Crippen LogP contribution in [-0.2, 0) is 7.05 Å². The van der Waals surface area contributed by atoms with Crippen LogP contribution in [0.15, 0.2) is 45.6 Å². The number of halogens is 3. The third kappa shape index (κ3) is 2.22. The molecule has 4 rings (SSSR count). The minimum absolute atomic E-state index is 0.267. The Bertz CT molecular complexity index is 1130. The summed E-state index contributed by atoms with van der Waals surface area (Å²) >= 11 is 18.4. The lowest BCUT2D eigenvalue weighted by atomic mass is 10.0. The molecule has 0 radical (unpaired) electrons. The Balaban J connectivity index is 2.18. The van der Waals surface area contributed by atoms with E-state index in [0.29, 0.717) is 48.6 Å². The average molecular weight is 380 g/mol. The minimum atomic E-state index is -0.267. The molecule has 0 saturated heterocycles. The van der Waals surface area contributed by atoms with E-state index in [-0.39, 0.29) is 5.56 Å². The second-order valence-electron chi connectivity index (χ2n) is 5.33. The van der Waals surface area contributed by atoms with Crippen molar-refractivity contribution in [2.24, 2.45) is 7.05 Å². The molecule has 7 heteroatoms. The molecule has 24 heavy (non-hydrogen) atoms. The predicted molar refractivity (Wildman–Crippen MR) is 96.3 cm³/mol. The molecule has 0 fully saturated rings. The van der Waals surface area contributed by atoms with Crippen molar-refractivity contribution in [1.82, 2.24) is 9.78 Å². The van der Waals surface area contributed by atoms with Gasteiger partial charge in [-0.3, -0.25) is 4.79 Å². The summed E-state index contributed by atoms with van der Waals surface area (Å²) in [4.78, 5) is 12.6. The third-order valence-electron chi connectivity index (χ3n) is 3.83. The summed E-state index contributed by atoms with van der Waals surface area (Å²) in [5.74, 6) is 0.386. The second kappa shape index (κ2) is 5.52. The molecular formula is C17H9Cl3N2O2. The van der Waals surface area contributed by atoms with Crippen LogP contribution in [0.1, 0.15) is 0 Å². The summed E-state index contributed by atoms with van der Waals surface area (Å²) in [6, 6.07) is 10.3. The van der Waals surface area contributed by atoms with Gasteiger partial charge in [0, 0.05) is 12.6 Å². The summed E-state index contributed by atoms with van der Waals surface area (Å²) in [7, 11) is 1.59. The van der Waals surface area contributed by atoms with Crippen molar-refractivity contribution < 1.29 is 4.42 Å². The highest BCUT2D eigenvalue weighted by Crippen LogP contribution is 2.40. The maximum absolute atomic E-state index is 12.6. The second-order valence-corrected chi connectivity index (χ2v) is 6.55. The standard InChI is InChI=1S/C17H9Cl3N2O2/c1-22-17(23)14-15(21-22)13-10(19)3-2-4-12(13)24-16(14)8-5-6-9(18)11(20)7-8/h2-7H,1H3. The number of benzene rings is 2. The SMILES string of the molecule is Cn1nc2c3c(Cl)cccc3oc(-c3ccc(Cl)c(Cl)c3)c-2c1=O. The number of hydrogen-bond donors (Lipinski definition) is 0. The van der Waals surface area contributed by atoms with Gasteiger partial charge >= 0.3 is 0 Å². The fourth-order valence-electron chi connectivity index (χ4n) is 2.71. The normalized spacial score (nSPS) is 11.5. The lowest BCUT2D eigenvalue weighted by Gasteiger charge is -2.10. The van der Waals surface area contributed by atoms with Crippen LogP contribution < -0.4 is 5.56 Å². The molecule has 0 bridgehead atoms. The van der Waals surface area contributed by atoms with Gasteiger partial charge in [-0.2, -0.15) is 5.10 Å². The van der Waals surface area contributed by atoms with E-state index in [9.17, 15) is 4.79 Å². The van der Waals surface area contributed by atoms with Crippen LogP contribution in [0.4, 0.5) is 0 Å². The van der Waals surface area contributed by atoms with Crippen molar-refractivity contribution in [2.45, 2.75) is 0 Å². The molecule has 2 aliphatic rings. The summed E-state index contributed by atoms with van der Waals surface area (Å²) < 4.78 is 7.26. The number of nitrogens with zero attached hydrogens (tertiary/aromatic N) is 2. The third-order valence-corrected chi connectivity index (χ3v) is 4.88. The largest absolute Gasteiger partial charge is 0.455 e. The zero-order chi connectivity index (χ0) is 17.0. The van der Waals surface area contributed by atoms with Crippen LogP contribution in [0.3, 0.4) is 0 Å². The highest BCUT2D eigenvalue weighted by molar-refractivity contribution is 6.42. The van der Waals surface area contributed by atoms with Crippen LogP contribution in [0.2, 0.25) is 15.1 Å². The summed E-state index contributed by atoms with van der Waals surface area (Å²) in [5.41, 5.74) is 1.76. The van der Waals surface area contributed by atoms with E-state index in [1.807, 2.05) is 0 Å². The lowest BCUT2D eigenvalue weighted by molar-refractivity contribution is 0.621. The van der Waals surface area contributed by atoms with Crippen molar-refractivity contribution in [3.05, 3.63) is 61.8 Å². The number of aromatic nitrogens is 2. The van der Waals surface area contributed by atoms with E-state index in [0.717, 1.165) is 0 Å². The molecule has 2 aromatic carbocycles. The molecule has 0 spiro atoms. The maximum atomic E-state index is 12.6. The van der Waals surface area contributed by atoms with Crippen LogP contribution in [0, 0.1) is 0 Å². The van der Waals surface area contributed by atoms with Crippen molar-refractivity contribution in [1.29, 1.82) is 0 Å². The Hall–Kier alpha value is -2.01. The average Bonchev–Trinajstić information content (AvgIpc) is 2.85. The first-order valence-corrected chi connectivity index (χ1v) is 8.14. The van der Waals surface area contributed by atoms with Crippen molar-refractivity contribution >= 4 is 45.8 Å². The van der Waals surface area contributed by atoms with Crippen molar-refractivity contribution in [3.63, 3.8) is 0 Å². The number of hydrogen-bond acceptors (Lipinski definition) is 3. The smallest absolute Gasteiger partial charge is 0.279 e. The Labute approximate surface area is 151 Å². The molecular weight excluding hydrogens is 371 g/mol. The molecule has 0 saturated carbocycles. The van der Waals surface area contributed by atoms with Gasteiger partial charge in [0.05, 0.1) is 20.5 Å². The van der Waals surface area contributed by atoms with Gasteiger partial charge in [-0.1, -0.05) is 40.9 Å². The molecule has 0 amide bonds. The van der Waals surface area contributed by atoms with Crippen LogP contribution >= 0.6 is 34.8 Å². The molecule has 2 aliphatic heterocycles. The van der Waals surface area contributed by atoms with Crippen molar-refractivity contribution in [2.75, 3.05) is 0 Å². The number of aryl methyl sites for hydroxylation is 1. The topological polar surface area (TPSA) is 48.0 Å². The predicted octanol–water partition coefficient (Wildman–Crippen LogP) is 5.26. The Morgan fingerprint density at radius 2 is 1.83 bits per heavy atom. The Morgan fingerprint density at radius 1 is 1.04 bits per heavy atom. The number of fused-ring (bicyclic) bond motifs is 3. The molecule has 2 heterocycles. The Kier molecular flexibility index (Phi) is 3.57. The maximum Gasteiger partial charge on any atom is 0.279 e. The van der Waals surface area contributed by atoms with Gasteiger partial charge in [0.15, 0.2) is 0 Å².